The number of nitrogens with zero attached hydrogens (tertiary/aromatic N) is 1. The number of hydrogen-bond donors (Lipinski definition) is 3. The summed E-state index contributed by atoms with van der Waals surface area (Å²) in [6.07, 6.45) is -0.132. The van der Waals surface area contributed by atoms with Crippen LogP contribution in [0, 0.1) is 6.92 Å². The third-order valence-corrected chi connectivity index (χ3v) is 5.41. The van der Waals surface area contributed by atoms with Crippen LogP contribution >= 0.6 is 23.4 Å². The van der Waals surface area contributed by atoms with E-state index in [2.05, 4.69) is 4.98 Å². The van der Waals surface area contributed by atoms with Crippen molar-refractivity contribution in [3.8, 4) is 16.9 Å². The molecule has 2 heterocycles. The largest absolute Gasteiger partial charge is 0.475 e. The standard InChI is InChI=1S/C17H18ClNO4S/c1-9-2-3-12(13(18)4-9)10-5-11(7-19-6-10)23-17-16(22)15(21)14(20)8-24-17/h2-7,14-17,20-22H,8H2,1H3/t14-,15+,16-,17+/m1/s1. The molecule has 1 fully saturated rings. The number of thioether (sulfide) groups is 1. The quantitative estimate of drug-likeness (QED) is 0.771. The van der Waals surface area contributed by atoms with E-state index < -0.39 is 23.7 Å². The fraction of sp³-hybridized carbons (Fsp3) is 0.353. The van der Waals surface area contributed by atoms with Crippen molar-refractivity contribution in [2.24, 2.45) is 0 Å². The van der Waals surface area contributed by atoms with Crippen LogP contribution in [0.25, 0.3) is 11.1 Å². The summed E-state index contributed by atoms with van der Waals surface area (Å²) in [4.78, 5) is 4.16. The smallest absolute Gasteiger partial charge is 0.173 e. The Morgan fingerprint density at radius 2 is 1.96 bits per heavy atom. The van der Waals surface area contributed by atoms with Gasteiger partial charge in [0.25, 0.3) is 0 Å². The van der Waals surface area contributed by atoms with E-state index in [1.54, 1.807) is 12.3 Å². The lowest BCUT2D eigenvalue weighted by atomic mass is 10.1. The molecule has 3 N–H and O–H groups in total. The van der Waals surface area contributed by atoms with Crippen molar-refractivity contribution in [3.05, 3.63) is 47.2 Å². The van der Waals surface area contributed by atoms with Crippen LogP contribution in [-0.4, -0.2) is 49.8 Å². The number of ether oxygens (including phenoxy) is 1. The predicted octanol–water partition coefficient (Wildman–Crippen LogP) is 2.24. The number of hydrogen-bond acceptors (Lipinski definition) is 6. The Bertz CT molecular complexity index is 729. The summed E-state index contributed by atoms with van der Waals surface area (Å²) in [5.41, 5.74) is 2.04. The molecular weight excluding hydrogens is 350 g/mol. The summed E-state index contributed by atoms with van der Waals surface area (Å²) in [5.74, 6) is 0.754. The molecule has 24 heavy (non-hydrogen) atoms. The Morgan fingerprint density at radius 3 is 2.71 bits per heavy atom. The molecule has 0 bridgehead atoms. The molecule has 128 valence electrons. The Morgan fingerprint density at radius 1 is 1.17 bits per heavy atom. The van der Waals surface area contributed by atoms with Gasteiger partial charge in [0, 0.05) is 28.1 Å². The minimum absolute atomic E-state index is 0.291. The molecular formula is C17H18ClNO4S. The van der Waals surface area contributed by atoms with Crippen LogP contribution in [0.4, 0.5) is 0 Å². The molecule has 2 aromatic rings. The monoisotopic (exact) mass is 367 g/mol. The predicted molar refractivity (Wildman–Crippen MR) is 94.3 cm³/mol. The van der Waals surface area contributed by atoms with E-state index in [9.17, 15) is 15.3 Å². The van der Waals surface area contributed by atoms with Crippen LogP contribution in [0.5, 0.6) is 5.75 Å². The first-order valence-electron chi connectivity index (χ1n) is 7.50. The molecule has 5 nitrogen and oxygen atoms in total. The minimum atomic E-state index is -1.22. The molecule has 0 radical (unpaired) electrons. The van der Waals surface area contributed by atoms with Gasteiger partial charge in [0.1, 0.15) is 18.0 Å². The molecule has 0 unspecified atom stereocenters. The van der Waals surface area contributed by atoms with Gasteiger partial charge >= 0.3 is 0 Å². The molecule has 1 aromatic carbocycles. The van der Waals surface area contributed by atoms with Gasteiger partial charge in [0.15, 0.2) is 5.44 Å². The Hall–Kier alpha value is -1.31. The summed E-state index contributed by atoms with van der Waals surface area (Å²) in [6, 6.07) is 7.55. The average Bonchev–Trinajstić information content (AvgIpc) is 2.56. The number of aliphatic hydroxyl groups is 3. The van der Waals surface area contributed by atoms with Crippen LogP contribution in [-0.2, 0) is 0 Å². The molecule has 1 aliphatic heterocycles. The minimum Gasteiger partial charge on any atom is -0.475 e. The highest BCUT2D eigenvalue weighted by Crippen LogP contribution is 2.33. The fourth-order valence-electron chi connectivity index (χ4n) is 2.50. The third-order valence-electron chi connectivity index (χ3n) is 3.86. The highest BCUT2D eigenvalue weighted by Gasteiger charge is 2.38. The number of aliphatic hydroxyl groups excluding tert-OH is 3. The molecule has 3 rings (SSSR count). The number of aromatic nitrogens is 1. The molecule has 4 atom stereocenters. The molecule has 0 saturated carbocycles. The molecule has 0 aliphatic carbocycles. The summed E-state index contributed by atoms with van der Waals surface area (Å²) in [7, 11) is 0. The van der Waals surface area contributed by atoms with Crippen molar-refractivity contribution < 1.29 is 20.1 Å². The van der Waals surface area contributed by atoms with E-state index in [4.69, 9.17) is 16.3 Å². The zero-order chi connectivity index (χ0) is 17.3. The Balaban J connectivity index is 1.81. The van der Waals surface area contributed by atoms with Crippen molar-refractivity contribution >= 4 is 23.4 Å². The van der Waals surface area contributed by atoms with Crippen molar-refractivity contribution in [2.45, 2.75) is 30.7 Å². The second-order valence-electron chi connectivity index (χ2n) is 5.76. The Labute approximate surface area is 149 Å². The van der Waals surface area contributed by atoms with Crippen LogP contribution in [0.1, 0.15) is 5.56 Å². The van der Waals surface area contributed by atoms with Gasteiger partial charge in [-0.15, -0.1) is 11.8 Å². The van der Waals surface area contributed by atoms with Gasteiger partial charge in [-0.05, 0) is 24.6 Å². The van der Waals surface area contributed by atoms with Gasteiger partial charge in [-0.1, -0.05) is 23.7 Å². The maximum absolute atomic E-state index is 10.0. The topological polar surface area (TPSA) is 82.8 Å². The van der Waals surface area contributed by atoms with Crippen molar-refractivity contribution in [2.75, 3.05) is 5.75 Å². The van der Waals surface area contributed by atoms with Gasteiger partial charge in [-0.2, -0.15) is 0 Å². The maximum Gasteiger partial charge on any atom is 0.173 e. The fourth-order valence-corrected chi connectivity index (χ4v) is 3.97. The number of pyridine rings is 1. The molecule has 1 saturated heterocycles. The molecule has 0 amide bonds. The van der Waals surface area contributed by atoms with Crippen molar-refractivity contribution in [1.82, 2.24) is 4.98 Å². The zero-order valence-electron chi connectivity index (χ0n) is 13.0. The van der Waals surface area contributed by atoms with Gasteiger partial charge in [-0.3, -0.25) is 4.98 Å². The van der Waals surface area contributed by atoms with Gasteiger partial charge in [-0.25, -0.2) is 0 Å². The SMILES string of the molecule is Cc1ccc(-c2cncc(O[C@H]3SC[C@@H](O)[C@H](O)[C@H]3O)c2)c(Cl)c1. The Kier molecular flexibility index (Phi) is 5.32. The van der Waals surface area contributed by atoms with E-state index in [-0.39, 0.29) is 0 Å². The van der Waals surface area contributed by atoms with Gasteiger partial charge in [0.05, 0.1) is 12.3 Å². The summed E-state index contributed by atoms with van der Waals surface area (Å²) >= 11 is 7.54. The first kappa shape index (κ1) is 17.5. The van der Waals surface area contributed by atoms with E-state index in [0.717, 1.165) is 16.7 Å². The summed E-state index contributed by atoms with van der Waals surface area (Å²) < 4.78 is 5.75. The van der Waals surface area contributed by atoms with Crippen molar-refractivity contribution in [1.29, 1.82) is 0 Å². The van der Waals surface area contributed by atoms with Crippen LogP contribution in [0.3, 0.4) is 0 Å². The van der Waals surface area contributed by atoms with Crippen LogP contribution < -0.4 is 4.74 Å². The van der Waals surface area contributed by atoms with E-state index in [1.165, 1.54) is 18.0 Å². The normalized spacial score (nSPS) is 27.0. The second-order valence-corrected chi connectivity index (χ2v) is 7.30. The first-order valence-corrected chi connectivity index (χ1v) is 8.92. The third kappa shape index (κ3) is 3.68. The highest BCUT2D eigenvalue weighted by atomic mass is 35.5. The van der Waals surface area contributed by atoms with Gasteiger partial charge in [0.2, 0.25) is 0 Å². The second kappa shape index (κ2) is 7.29. The molecule has 1 aliphatic rings. The van der Waals surface area contributed by atoms with E-state index in [1.807, 2.05) is 25.1 Å². The number of benzene rings is 1. The van der Waals surface area contributed by atoms with Crippen LogP contribution in [0.15, 0.2) is 36.7 Å². The summed E-state index contributed by atoms with van der Waals surface area (Å²) in [6.45, 7) is 1.97. The number of aryl methyl sites for hydroxylation is 1. The van der Waals surface area contributed by atoms with E-state index in [0.29, 0.717) is 16.5 Å². The lowest BCUT2D eigenvalue weighted by Gasteiger charge is -2.34. The molecule has 0 spiro atoms. The van der Waals surface area contributed by atoms with E-state index >= 15 is 0 Å². The first-order chi connectivity index (χ1) is 11.5. The van der Waals surface area contributed by atoms with Crippen LogP contribution in [0.2, 0.25) is 5.02 Å². The average molecular weight is 368 g/mol. The lowest BCUT2D eigenvalue weighted by molar-refractivity contribution is -0.0786. The number of halogens is 1. The molecule has 7 heteroatoms. The maximum atomic E-state index is 10.0. The number of rotatable bonds is 3. The highest BCUT2D eigenvalue weighted by molar-refractivity contribution is 7.99. The summed E-state index contributed by atoms with van der Waals surface area (Å²) in [5, 5.41) is 30.0. The molecule has 1 aromatic heterocycles. The lowest BCUT2D eigenvalue weighted by Crippen LogP contribution is -2.50. The van der Waals surface area contributed by atoms with Crippen molar-refractivity contribution in [3.63, 3.8) is 0 Å². The zero-order valence-corrected chi connectivity index (χ0v) is 14.5. The van der Waals surface area contributed by atoms with Gasteiger partial charge < -0.3 is 20.1 Å².